The Bertz CT molecular complexity index is 356. The molecule has 1 atom stereocenters. The Labute approximate surface area is 91.9 Å². The fourth-order valence-electron chi connectivity index (χ4n) is 1.98. The number of halogens is 3. The summed E-state index contributed by atoms with van der Waals surface area (Å²) in [5, 5.41) is 3.19. The SMILES string of the molecule is FC(F)(F)c1cncc(C[C@H]2CCNC2)c1. The molecule has 2 nitrogen and oxygen atoms in total. The number of pyridine rings is 1. The highest BCUT2D eigenvalue weighted by Gasteiger charge is 2.31. The molecule has 1 aromatic heterocycles. The van der Waals surface area contributed by atoms with Crippen molar-refractivity contribution in [2.75, 3.05) is 13.1 Å². The molecule has 88 valence electrons. The molecule has 1 saturated heterocycles. The number of alkyl halides is 3. The molecule has 0 aliphatic carbocycles. The van der Waals surface area contributed by atoms with Crippen molar-refractivity contribution in [2.24, 2.45) is 5.92 Å². The van der Waals surface area contributed by atoms with E-state index in [1.807, 2.05) is 0 Å². The normalized spacial score (nSPS) is 21.3. The van der Waals surface area contributed by atoms with Gasteiger partial charge in [-0.1, -0.05) is 0 Å². The smallest absolute Gasteiger partial charge is 0.316 e. The number of nitrogens with zero attached hydrogens (tertiary/aromatic N) is 1. The predicted octanol–water partition coefficient (Wildman–Crippen LogP) is 2.25. The summed E-state index contributed by atoms with van der Waals surface area (Å²) < 4.78 is 37.3. The first-order valence-electron chi connectivity index (χ1n) is 5.27. The second-order valence-electron chi connectivity index (χ2n) is 4.14. The molecule has 2 heterocycles. The molecule has 0 bridgehead atoms. The zero-order valence-corrected chi connectivity index (χ0v) is 8.72. The van der Waals surface area contributed by atoms with Crippen LogP contribution in [-0.4, -0.2) is 18.1 Å². The van der Waals surface area contributed by atoms with Crippen molar-refractivity contribution in [3.63, 3.8) is 0 Å². The summed E-state index contributed by atoms with van der Waals surface area (Å²) in [6.07, 6.45) is -0.207. The largest absolute Gasteiger partial charge is 0.417 e. The van der Waals surface area contributed by atoms with Crippen LogP contribution in [0.25, 0.3) is 0 Å². The van der Waals surface area contributed by atoms with Crippen molar-refractivity contribution in [1.29, 1.82) is 0 Å². The minimum absolute atomic E-state index is 0.435. The Hall–Kier alpha value is -1.10. The molecule has 1 aliphatic rings. The Morgan fingerprint density at radius 1 is 1.38 bits per heavy atom. The van der Waals surface area contributed by atoms with Gasteiger partial charge in [-0.05, 0) is 43.5 Å². The van der Waals surface area contributed by atoms with Crippen LogP contribution in [-0.2, 0) is 12.6 Å². The van der Waals surface area contributed by atoms with Gasteiger partial charge in [-0.3, -0.25) is 4.98 Å². The van der Waals surface area contributed by atoms with Crippen LogP contribution in [0.3, 0.4) is 0 Å². The van der Waals surface area contributed by atoms with Crippen molar-refractivity contribution in [2.45, 2.75) is 19.0 Å². The first kappa shape index (κ1) is 11.4. The molecule has 1 aliphatic heterocycles. The van der Waals surface area contributed by atoms with Crippen LogP contribution in [0.15, 0.2) is 18.5 Å². The third-order valence-corrected chi connectivity index (χ3v) is 2.81. The summed E-state index contributed by atoms with van der Waals surface area (Å²) in [6, 6.07) is 1.20. The molecule has 1 fully saturated rings. The minimum atomic E-state index is -4.29. The van der Waals surface area contributed by atoms with Gasteiger partial charge < -0.3 is 5.32 Å². The van der Waals surface area contributed by atoms with Crippen LogP contribution in [0.1, 0.15) is 17.5 Å². The van der Waals surface area contributed by atoms with Gasteiger partial charge in [-0.15, -0.1) is 0 Å². The minimum Gasteiger partial charge on any atom is -0.316 e. The second-order valence-corrected chi connectivity index (χ2v) is 4.14. The van der Waals surface area contributed by atoms with Gasteiger partial charge in [-0.2, -0.15) is 13.2 Å². The highest BCUT2D eigenvalue weighted by molar-refractivity contribution is 5.21. The second kappa shape index (κ2) is 4.41. The first-order valence-corrected chi connectivity index (χ1v) is 5.27. The lowest BCUT2D eigenvalue weighted by Crippen LogP contribution is -2.12. The Morgan fingerprint density at radius 3 is 2.81 bits per heavy atom. The van der Waals surface area contributed by atoms with E-state index >= 15 is 0 Å². The highest BCUT2D eigenvalue weighted by Crippen LogP contribution is 2.29. The number of aromatic nitrogens is 1. The number of hydrogen-bond acceptors (Lipinski definition) is 2. The van der Waals surface area contributed by atoms with Gasteiger partial charge in [0.25, 0.3) is 0 Å². The van der Waals surface area contributed by atoms with Gasteiger partial charge in [0, 0.05) is 12.4 Å². The lowest BCUT2D eigenvalue weighted by atomic mass is 9.99. The predicted molar refractivity (Wildman–Crippen MR) is 53.9 cm³/mol. The zero-order valence-electron chi connectivity index (χ0n) is 8.72. The third kappa shape index (κ3) is 2.72. The van der Waals surface area contributed by atoms with Gasteiger partial charge in [0.15, 0.2) is 0 Å². The lowest BCUT2D eigenvalue weighted by Gasteiger charge is -2.10. The monoisotopic (exact) mass is 230 g/mol. The lowest BCUT2D eigenvalue weighted by molar-refractivity contribution is -0.137. The molecule has 0 aromatic carbocycles. The summed E-state index contributed by atoms with van der Waals surface area (Å²) in [5.41, 5.74) is 0.0134. The van der Waals surface area contributed by atoms with Gasteiger partial charge in [0.05, 0.1) is 5.56 Å². The van der Waals surface area contributed by atoms with Gasteiger partial charge in [0.1, 0.15) is 0 Å². The van der Waals surface area contributed by atoms with Crippen LogP contribution in [0, 0.1) is 5.92 Å². The van der Waals surface area contributed by atoms with E-state index in [2.05, 4.69) is 10.3 Å². The summed E-state index contributed by atoms with van der Waals surface area (Å²) in [7, 11) is 0. The van der Waals surface area contributed by atoms with Crippen LogP contribution in [0.5, 0.6) is 0 Å². The van der Waals surface area contributed by atoms with Crippen LogP contribution >= 0.6 is 0 Å². The van der Waals surface area contributed by atoms with E-state index in [1.54, 1.807) is 0 Å². The van der Waals surface area contributed by atoms with Crippen LogP contribution in [0.4, 0.5) is 13.2 Å². The number of hydrogen-bond donors (Lipinski definition) is 1. The molecule has 16 heavy (non-hydrogen) atoms. The molecule has 0 amide bonds. The molecule has 5 heteroatoms. The quantitative estimate of drug-likeness (QED) is 0.842. The molecule has 1 N–H and O–H groups in total. The average Bonchev–Trinajstić information content (AvgIpc) is 2.70. The Balaban J connectivity index is 2.09. The molecule has 1 aromatic rings. The van der Waals surface area contributed by atoms with Crippen LogP contribution in [0.2, 0.25) is 0 Å². The summed E-state index contributed by atoms with van der Waals surface area (Å²) in [6.45, 7) is 1.84. The van der Waals surface area contributed by atoms with Crippen molar-refractivity contribution in [3.05, 3.63) is 29.6 Å². The van der Waals surface area contributed by atoms with Crippen LogP contribution < -0.4 is 5.32 Å². The fourth-order valence-corrected chi connectivity index (χ4v) is 1.98. The summed E-state index contributed by atoms with van der Waals surface area (Å²) in [4.78, 5) is 3.65. The van der Waals surface area contributed by atoms with Crippen molar-refractivity contribution in [3.8, 4) is 0 Å². The molecule has 0 radical (unpaired) electrons. The van der Waals surface area contributed by atoms with E-state index in [0.29, 0.717) is 17.9 Å². The van der Waals surface area contributed by atoms with Crippen molar-refractivity contribution < 1.29 is 13.2 Å². The molecule has 0 unspecified atom stereocenters. The Morgan fingerprint density at radius 2 is 2.19 bits per heavy atom. The van der Waals surface area contributed by atoms with E-state index in [9.17, 15) is 13.2 Å². The van der Waals surface area contributed by atoms with Gasteiger partial charge in [-0.25, -0.2) is 0 Å². The maximum atomic E-state index is 12.4. The number of rotatable bonds is 2. The molecular weight excluding hydrogens is 217 g/mol. The van der Waals surface area contributed by atoms with E-state index in [-0.39, 0.29) is 0 Å². The molecule has 0 spiro atoms. The standard InChI is InChI=1S/C11H13F3N2/c12-11(13,14)10-4-9(6-16-7-10)3-8-1-2-15-5-8/h4,6-8,15H,1-3,5H2/t8-/m1/s1. The maximum absolute atomic E-state index is 12.4. The summed E-state index contributed by atoms with van der Waals surface area (Å²) in [5.74, 6) is 0.435. The molecule has 0 saturated carbocycles. The van der Waals surface area contributed by atoms with Gasteiger partial charge in [0.2, 0.25) is 0 Å². The van der Waals surface area contributed by atoms with E-state index in [1.165, 1.54) is 12.3 Å². The zero-order chi connectivity index (χ0) is 11.6. The third-order valence-electron chi connectivity index (χ3n) is 2.81. The molecular formula is C11H13F3N2. The van der Waals surface area contributed by atoms with Crippen molar-refractivity contribution >= 4 is 0 Å². The maximum Gasteiger partial charge on any atom is 0.417 e. The number of nitrogens with one attached hydrogen (secondary N) is 1. The highest BCUT2D eigenvalue weighted by atomic mass is 19.4. The van der Waals surface area contributed by atoms with E-state index in [0.717, 1.165) is 25.7 Å². The molecule has 2 rings (SSSR count). The van der Waals surface area contributed by atoms with Gasteiger partial charge >= 0.3 is 6.18 Å². The topological polar surface area (TPSA) is 24.9 Å². The van der Waals surface area contributed by atoms with E-state index in [4.69, 9.17) is 0 Å². The van der Waals surface area contributed by atoms with E-state index < -0.39 is 11.7 Å². The average molecular weight is 230 g/mol. The fraction of sp³-hybridized carbons (Fsp3) is 0.545. The first-order chi connectivity index (χ1) is 7.55. The summed E-state index contributed by atoms with van der Waals surface area (Å²) >= 11 is 0. The Kier molecular flexibility index (Phi) is 3.14. The van der Waals surface area contributed by atoms with Crippen molar-refractivity contribution in [1.82, 2.24) is 10.3 Å².